The molecule has 0 spiro atoms. The van der Waals surface area contributed by atoms with Gasteiger partial charge < -0.3 is 19.5 Å². The summed E-state index contributed by atoms with van der Waals surface area (Å²) in [6.07, 6.45) is 0. The molecule has 26 heavy (non-hydrogen) atoms. The Morgan fingerprint density at radius 3 is 2.27 bits per heavy atom. The Balaban J connectivity index is 1.92. The summed E-state index contributed by atoms with van der Waals surface area (Å²) in [5, 5.41) is 7.14. The number of rotatable bonds is 8. The maximum Gasteiger partial charge on any atom is 0.259 e. The molecule has 1 amide bonds. The summed E-state index contributed by atoms with van der Waals surface area (Å²) < 4.78 is 15.6. The minimum absolute atomic E-state index is 0.106. The first-order valence-electron chi connectivity index (χ1n) is 8.00. The molecule has 0 atom stereocenters. The number of hydrogen-bond donors (Lipinski definition) is 2. The highest BCUT2D eigenvalue weighted by molar-refractivity contribution is 5.99. The zero-order valence-corrected chi connectivity index (χ0v) is 15.3. The number of carbonyl (C=O) groups is 1. The summed E-state index contributed by atoms with van der Waals surface area (Å²) in [5.74, 6) is 1.75. The molecule has 2 aromatic carbocycles. The van der Waals surface area contributed by atoms with Crippen LogP contribution >= 0.6 is 0 Å². The Kier molecular flexibility index (Phi) is 6.84. The van der Waals surface area contributed by atoms with Gasteiger partial charge in [-0.2, -0.15) is 5.10 Å². The molecule has 7 heteroatoms. The Morgan fingerprint density at radius 2 is 1.65 bits per heavy atom. The normalized spacial score (nSPS) is 10.8. The summed E-state index contributed by atoms with van der Waals surface area (Å²) in [6.45, 7) is 1.91. The van der Waals surface area contributed by atoms with Gasteiger partial charge in [-0.15, -0.1) is 0 Å². The van der Waals surface area contributed by atoms with Crippen molar-refractivity contribution in [2.45, 2.75) is 6.92 Å². The number of nitrogens with zero attached hydrogens (tertiary/aromatic N) is 1. The summed E-state index contributed by atoms with van der Waals surface area (Å²) in [4.78, 5) is 11.9. The fraction of sp³-hybridized carbons (Fsp3) is 0.263. The first-order valence-corrected chi connectivity index (χ1v) is 8.00. The van der Waals surface area contributed by atoms with Crippen LogP contribution in [0.5, 0.6) is 17.2 Å². The molecule has 2 aromatic rings. The Hall–Kier alpha value is -3.22. The average molecular weight is 357 g/mol. The van der Waals surface area contributed by atoms with Crippen LogP contribution in [0.25, 0.3) is 0 Å². The SMILES string of the molecule is COc1ccc(NCC(=O)N/N=C(\C)c2ccc(OC)c(OC)c2)cc1. The quantitative estimate of drug-likeness (QED) is 0.561. The predicted octanol–water partition coefficient (Wildman–Crippen LogP) is 2.66. The van der Waals surface area contributed by atoms with Gasteiger partial charge in [0.15, 0.2) is 11.5 Å². The van der Waals surface area contributed by atoms with Crippen molar-refractivity contribution >= 4 is 17.3 Å². The van der Waals surface area contributed by atoms with Gasteiger partial charge in [0.05, 0.1) is 33.6 Å². The summed E-state index contributed by atoms with van der Waals surface area (Å²) in [5.41, 5.74) is 4.83. The van der Waals surface area contributed by atoms with E-state index in [1.165, 1.54) is 0 Å². The molecule has 2 N–H and O–H groups in total. The van der Waals surface area contributed by atoms with E-state index in [9.17, 15) is 4.79 Å². The summed E-state index contributed by atoms with van der Waals surface area (Å²) >= 11 is 0. The first kappa shape index (κ1) is 19.1. The minimum atomic E-state index is -0.249. The third-order valence-corrected chi connectivity index (χ3v) is 3.69. The second-order valence-corrected chi connectivity index (χ2v) is 5.38. The van der Waals surface area contributed by atoms with E-state index in [2.05, 4.69) is 15.8 Å². The van der Waals surface area contributed by atoms with Crippen molar-refractivity contribution in [2.75, 3.05) is 33.2 Å². The lowest BCUT2D eigenvalue weighted by Gasteiger charge is -2.10. The van der Waals surface area contributed by atoms with E-state index in [-0.39, 0.29) is 12.5 Å². The number of benzene rings is 2. The standard InChI is InChI=1S/C19H23N3O4/c1-13(14-5-10-17(25-3)18(11-14)26-4)21-22-19(23)12-20-15-6-8-16(24-2)9-7-15/h5-11,20H,12H2,1-4H3,(H,22,23)/b21-13+. The van der Waals surface area contributed by atoms with Crippen molar-refractivity contribution in [3.05, 3.63) is 48.0 Å². The van der Waals surface area contributed by atoms with E-state index in [0.717, 1.165) is 17.0 Å². The highest BCUT2D eigenvalue weighted by Crippen LogP contribution is 2.27. The van der Waals surface area contributed by atoms with E-state index >= 15 is 0 Å². The monoisotopic (exact) mass is 357 g/mol. The molecule has 0 aliphatic heterocycles. The number of anilines is 1. The minimum Gasteiger partial charge on any atom is -0.497 e. The second-order valence-electron chi connectivity index (χ2n) is 5.38. The lowest BCUT2D eigenvalue weighted by Crippen LogP contribution is -2.26. The Morgan fingerprint density at radius 1 is 0.962 bits per heavy atom. The van der Waals surface area contributed by atoms with Crippen LogP contribution < -0.4 is 25.0 Å². The molecule has 0 saturated carbocycles. The van der Waals surface area contributed by atoms with Gasteiger partial charge in [-0.3, -0.25) is 4.79 Å². The molecule has 0 unspecified atom stereocenters. The molecule has 0 fully saturated rings. The van der Waals surface area contributed by atoms with Crippen LogP contribution in [0.1, 0.15) is 12.5 Å². The molecule has 0 bridgehead atoms. The molecule has 0 heterocycles. The zero-order chi connectivity index (χ0) is 18.9. The lowest BCUT2D eigenvalue weighted by atomic mass is 10.1. The third-order valence-electron chi connectivity index (χ3n) is 3.69. The summed E-state index contributed by atoms with van der Waals surface area (Å²) in [6, 6.07) is 12.8. The van der Waals surface area contributed by atoms with Crippen LogP contribution in [0.2, 0.25) is 0 Å². The van der Waals surface area contributed by atoms with Gasteiger partial charge in [-0.1, -0.05) is 0 Å². The van der Waals surface area contributed by atoms with E-state index in [4.69, 9.17) is 14.2 Å². The number of hydrogen-bond acceptors (Lipinski definition) is 6. The molecular weight excluding hydrogens is 334 g/mol. The van der Waals surface area contributed by atoms with Crippen LogP contribution in [0.15, 0.2) is 47.6 Å². The molecule has 2 rings (SSSR count). The maximum atomic E-state index is 11.9. The van der Waals surface area contributed by atoms with Crippen molar-refractivity contribution in [3.63, 3.8) is 0 Å². The number of methoxy groups -OCH3 is 3. The highest BCUT2D eigenvalue weighted by atomic mass is 16.5. The molecule has 0 aromatic heterocycles. The van der Waals surface area contributed by atoms with Crippen LogP contribution in [0.4, 0.5) is 5.69 Å². The van der Waals surface area contributed by atoms with Gasteiger partial charge in [0.1, 0.15) is 5.75 Å². The number of amides is 1. The largest absolute Gasteiger partial charge is 0.497 e. The number of carbonyl (C=O) groups excluding carboxylic acids is 1. The van der Waals surface area contributed by atoms with Gasteiger partial charge in [-0.05, 0) is 49.4 Å². The molecule has 0 aliphatic carbocycles. The van der Waals surface area contributed by atoms with Crippen LogP contribution in [0.3, 0.4) is 0 Å². The van der Waals surface area contributed by atoms with Crippen molar-refractivity contribution in [1.82, 2.24) is 5.43 Å². The lowest BCUT2D eigenvalue weighted by molar-refractivity contribution is -0.119. The zero-order valence-electron chi connectivity index (χ0n) is 15.3. The molecule has 0 radical (unpaired) electrons. The topological polar surface area (TPSA) is 81.2 Å². The van der Waals surface area contributed by atoms with Crippen molar-refractivity contribution < 1.29 is 19.0 Å². The van der Waals surface area contributed by atoms with E-state index < -0.39 is 0 Å². The smallest absolute Gasteiger partial charge is 0.259 e. The van der Waals surface area contributed by atoms with Crippen LogP contribution in [-0.4, -0.2) is 39.5 Å². The van der Waals surface area contributed by atoms with Crippen molar-refractivity contribution in [1.29, 1.82) is 0 Å². The van der Waals surface area contributed by atoms with Crippen molar-refractivity contribution in [2.24, 2.45) is 5.10 Å². The molecule has 0 saturated heterocycles. The van der Waals surface area contributed by atoms with Crippen LogP contribution in [0, 0.1) is 0 Å². The summed E-state index contributed by atoms with van der Waals surface area (Å²) in [7, 11) is 4.75. The number of ether oxygens (including phenoxy) is 3. The van der Waals surface area contributed by atoms with E-state index in [1.54, 1.807) is 40.4 Å². The van der Waals surface area contributed by atoms with E-state index in [0.29, 0.717) is 17.2 Å². The van der Waals surface area contributed by atoms with Gasteiger partial charge >= 0.3 is 0 Å². The van der Waals surface area contributed by atoms with Crippen molar-refractivity contribution in [3.8, 4) is 17.2 Å². The molecular formula is C19H23N3O4. The Bertz CT molecular complexity index is 773. The fourth-order valence-electron chi connectivity index (χ4n) is 2.20. The van der Waals surface area contributed by atoms with Gasteiger partial charge in [0.25, 0.3) is 5.91 Å². The molecule has 138 valence electrons. The Labute approximate surface area is 153 Å². The third kappa shape index (κ3) is 5.14. The average Bonchev–Trinajstić information content (AvgIpc) is 2.70. The number of hydrazone groups is 1. The maximum absolute atomic E-state index is 11.9. The van der Waals surface area contributed by atoms with E-state index in [1.807, 2.05) is 30.3 Å². The second kappa shape index (κ2) is 9.31. The van der Waals surface area contributed by atoms with Gasteiger partial charge in [0.2, 0.25) is 0 Å². The fourth-order valence-corrected chi connectivity index (χ4v) is 2.20. The first-order chi connectivity index (χ1) is 12.6. The number of nitrogens with one attached hydrogen (secondary N) is 2. The molecule has 7 nitrogen and oxygen atoms in total. The highest BCUT2D eigenvalue weighted by Gasteiger charge is 2.07. The molecule has 0 aliphatic rings. The van der Waals surface area contributed by atoms with Gasteiger partial charge in [-0.25, -0.2) is 5.43 Å². The van der Waals surface area contributed by atoms with Gasteiger partial charge in [0, 0.05) is 11.3 Å². The predicted molar refractivity (Wildman–Crippen MR) is 101 cm³/mol. The van der Waals surface area contributed by atoms with Crippen LogP contribution in [-0.2, 0) is 4.79 Å².